The third-order valence-electron chi connectivity index (χ3n) is 3.55. The van der Waals surface area contributed by atoms with Crippen molar-refractivity contribution in [1.29, 1.82) is 0 Å². The van der Waals surface area contributed by atoms with E-state index >= 15 is 0 Å². The molecule has 0 aliphatic carbocycles. The number of Topliss-reactive ketones (excluding diaryl/α,β-unsaturated/α-hetero) is 1. The van der Waals surface area contributed by atoms with Crippen LogP contribution in [0.1, 0.15) is 27.1 Å². The molecular weight excluding hydrogens is 395 g/mol. The van der Waals surface area contributed by atoms with Gasteiger partial charge in [-0.1, -0.05) is 15.9 Å². The molecule has 1 heterocycles. The molecule has 0 saturated heterocycles. The number of rotatable bonds is 4. The predicted molar refractivity (Wildman–Crippen MR) is 90.8 cm³/mol. The SMILES string of the molecule is O=C(COC(=O)c1ccc(Br)cc1F)c1ccc2c(c1)OCCCO2. The third kappa shape index (κ3) is 4.17. The van der Waals surface area contributed by atoms with Gasteiger partial charge in [-0.15, -0.1) is 0 Å². The first-order valence-corrected chi connectivity index (χ1v) is 8.39. The molecule has 7 heteroatoms. The molecule has 130 valence electrons. The van der Waals surface area contributed by atoms with Gasteiger partial charge in [0.2, 0.25) is 0 Å². The van der Waals surface area contributed by atoms with Crippen molar-refractivity contribution in [2.45, 2.75) is 6.42 Å². The molecule has 0 fully saturated rings. The maximum atomic E-state index is 13.7. The molecule has 0 amide bonds. The number of ketones is 1. The van der Waals surface area contributed by atoms with Crippen LogP contribution in [0.3, 0.4) is 0 Å². The van der Waals surface area contributed by atoms with Crippen LogP contribution < -0.4 is 9.47 Å². The lowest BCUT2D eigenvalue weighted by Gasteiger charge is -2.09. The van der Waals surface area contributed by atoms with Gasteiger partial charge in [0, 0.05) is 16.5 Å². The van der Waals surface area contributed by atoms with Crippen molar-refractivity contribution in [2.75, 3.05) is 19.8 Å². The number of hydrogen-bond acceptors (Lipinski definition) is 5. The van der Waals surface area contributed by atoms with Crippen molar-refractivity contribution in [3.05, 3.63) is 57.8 Å². The Kier molecular flexibility index (Phi) is 5.33. The van der Waals surface area contributed by atoms with Gasteiger partial charge in [0.1, 0.15) is 5.82 Å². The highest BCUT2D eigenvalue weighted by molar-refractivity contribution is 9.10. The predicted octanol–water partition coefficient (Wildman–Crippen LogP) is 3.79. The highest BCUT2D eigenvalue weighted by Gasteiger charge is 2.18. The molecule has 2 aromatic rings. The first-order valence-electron chi connectivity index (χ1n) is 7.59. The monoisotopic (exact) mass is 408 g/mol. The average Bonchev–Trinajstić information content (AvgIpc) is 2.84. The molecule has 0 aromatic heterocycles. The molecule has 25 heavy (non-hydrogen) atoms. The van der Waals surface area contributed by atoms with Gasteiger partial charge in [-0.3, -0.25) is 4.79 Å². The Labute approximate surface area is 151 Å². The van der Waals surface area contributed by atoms with Crippen molar-refractivity contribution in [3.63, 3.8) is 0 Å². The van der Waals surface area contributed by atoms with E-state index in [0.29, 0.717) is 34.7 Å². The van der Waals surface area contributed by atoms with Gasteiger partial charge in [-0.2, -0.15) is 0 Å². The summed E-state index contributed by atoms with van der Waals surface area (Å²) in [6.07, 6.45) is 0.758. The second kappa shape index (κ2) is 7.65. The molecule has 0 saturated carbocycles. The summed E-state index contributed by atoms with van der Waals surface area (Å²) in [4.78, 5) is 24.1. The zero-order valence-corrected chi connectivity index (χ0v) is 14.7. The van der Waals surface area contributed by atoms with E-state index in [9.17, 15) is 14.0 Å². The molecule has 0 unspecified atom stereocenters. The largest absolute Gasteiger partial charge is 0.490 e. The van der Waals surface area contributed by atoms with Gasteiger partial charge in [0.15, 0.2) is 23.9 Å². The molecule has 3 rings (SSSR count). The molecular formula is C18H14BrFO5. The van der Waals surface area contributed by atoms with Crippen LogP contribution >= 0.6 is 15.9 Å². The first kappa shape index (κ1) is 17.4. The highest BCUT2D eigenvalue weighted by atomic mass is 79.9. The summed E-state index contributed by atoms with van der Waals surface area (Å²) in [6, 6.07) is 8.73. The number of benzene rings is 2. The molecule has 0 N–H and O–H groups in total. The summed E-state index contributed by atoms with van der Waals surface area (Å²) >= 11 is 3.11. The fraction of sp³-hybridized carbons (Fsp3) is 0.222. The Balaban J connectivity index is 1.66. The van der Waals surface area contributed by atoms with E-state index in [1.807, 2.05) is 0 Å². The molecule has 5 nitrogen and oxygen atoms in total. The van der Waals surface area contributed by atoms with E-state index < -0.39 is 24.2 Å². The van der Waals surface area contributed by atoms with E-state index in [0.717, 1.165) is 12.5 Å². The Morgan fingerprint density at radius 2 is 1.84 bits per heavy atom. The second-order valence-corrected chi connectivity index (χ2v) is 6.25. The minimum Gasteiger partial charge on any atom is -0.490 e. The van der Waals surface area contributed by atoms with Crippen LogP contribution in [-0.2, 0) is 4.74 Å². The normalized spacial score (nSPS) is 13.0. The molecule has 0 radical (unpaired) electrons. The summed E-state index contributed by atoms with van der Waals surface area (Å²) in [6.45, 7) is 0.563. The Morgan fingerprint density at radius 1 is 1.08 bits per heavy atom. The first-order chi connectivity index (χ1) is 12.0. The van der Waals surface area contributed by atoms with Crippen molar-refractivity contribution in [3.8, 4) is 11.5 Å². The van der Waals surface area contributed by atoms with Crippen molar-refractivity contribution >= 4 is 27.7 Å². The number of fused-ring (bicyclic) bond motifs is 1. The van der Waals surface area contributed by atoms with Gasteiger partial charge in [-0.25, -0.2) is 9.18 Å². The van der Waals surface area contributed by atoms with Crippen LogP contribution in [0.2, 0.25) is 0 Å². The number of esters is 1. The lowest BCUT2D eigenvalue weighted by Crippen LogP contribution is -2.15. The third-order valence-corrected chi connectivity index (χ3v) is 4.05. The number of halogens is 2. The Hall–Kier alpha value is -2.41. The minimum absolute atomic E-state index is 0.227. The number of ether oxygens (including phenoxy) is 3. The minimum atomic E-state index is -0.896. The smallest absolute Gasteiger partial charge is 0.341 e. The van der Waals surface area contributed by atoms with Gasteiger partial charge in [-0.05, 0) is 36.4 Å². The van der Waals surface area contributed by atoms with Crippen molar-refractivity contribution in [1.82, 2.24) is 0 Å². The van der Waals surface area contributed by atoms with E-state index in [-0.39, 0.29) is 5.56 Å². The van der Waals surface area contributed by atoms with E-state index in [1.165, 1.54) is 12.1 Å². The van der Waals surface area contributed by atoms with Crippen LogP contribution in [0.15, 0.2) is 40.9 Å². The van der Waals surface area contributed by atoms with E-state index in [4.69, 9.17) is 14.2 Å². The van der Waals surface area contributed by atoms with Gasteiger partial charge in [0.25, 0.3) is 0 Å². The van der Waals surface area contributed by atoms with Crippen LogP contribution in [0, 0.1) is 5.82 Å². The summed E-state index contributed by atoms with van der Waals surface area (Å²) in [5, 5.41) is 0. The zero-order valence-electron chi connectivity index (χ0n) is 13.1. The highest BCUT2D eigenvalue weighted by Crippen LogP contribution is 2.30. The van der Waals surface area contributed by atoms with E-state index in [2.05, 4.69) is 15.9 Å². The van der Waals surface area contributed by atoms with Crippen LogP contribution in [0.4, 0.5) is 4.39 Å². The summed E-state index contributed by atoms with van der Waals surface area (Å²) < 4.78 is 30.2. The maximum Gasteiger partial charge on any atom is 0.341 e. The molecule has 2 aromatic carbocycles. The van der Waals surface area contributed by atoms with Gasteiger partial charge in [0.05, 0.1) is 18.8 Å². The van der Waals surface area contributed by atoms with Gasteiger partial charge < -0.3 is 14.2 Å². The second-order valence-electron chi connectivity index (χ2n) is 5.34. The van der Waals surface area contributed by atoms with Crippen LogP contribution in [0.25, 0.3) is 0 Å². The summed E-state index contributed by atoms with van der Waals surface area (Å²) in [7, 11) is 0. The lowest BCUT2D eigenvalue weighted by atomic mass is 10.1. The lowest BCUT2D eigenvalue weighted by molar-refractivity contribution is 0.0470. The molecule has 0 spiro atoms. The molecule has 1 aliphatic rings. The Bertz CT molecular complexity index is 821. The van der Waals surface area contributed by atoms with E-state index in [1.54, 1.807) is 18.2 Å². The van der Waals surface area contributed by atoms with Crippen molar-refractivity contribution in [2.24, 2.45) is 0 Å². The molecule has 1 aliphatic heterocycles. The topological polar surface area (TPSA) is 61.8 Å². The van der Waals surface area contributed by atoms with Crippen LogP contribution in [0.5, 0.6) is 11.5 Å². The van der Waals surface area contributed by atoms with Crippen LogP contribution in [-0.4, -0.2) is 31.6 Å². The standard InChI is InChI=1S/C18H14BrFO5/c19-12-3-4-13(14(20)9-12)18(22)25-10-15(21)11-2-5-16-17(8-11)24-7-1-6-23-16/h2-5,8-9H,1,6-7,10H2. The molecule has 0 bridgehead atoms. The Morgan fingerprint density at radius 3 is 2.60 bits per heavy atom. The summed E-state index contributed by atoms with van der Waals surface area (Å²) in [5.74, 6) is -0.978. The van der Waals surface area contributed by atoms with Gasteiger partial charge >= 0.3 is 5.97 Å². The fourth-order valence-corrected chi connectivity index (χ4v) is 2.62. The number of hydrogen-bond donors (Lipinski definition) is 0. The molecule has 0 atom stereocenters. The zero-order chi connectivity index (χ0) is 17.8. The number of carbonyl (C=O) groups excluding carboxylic acids is 2. The number of carbonyl (C=O) groups is 2. The average molecular weight is 409 g/mol. The summed E-state index contributed by atoms with van der Waals surface area (Å²) in [5.41, 5.74) is 0.1000. The van der Waals surface area contributed by atoms with Crippen molar-refractivity contribution < 1.29 is 28.2 Å². The maximum absolute atomic E-state index is 13.7. The quantitative estimate of drug-likeness (QED) is 0.568. The fourth-order valence-electron chi connectivity index (χ4n) is 2.28.